The smallest absolute Gasteiger partial charge is 0.276 e. The van der Waals surface area contributed by atoms with Gasteiger partial charge in [0.25, 0.3) is 5.91 Å². The highest BCUT2D eigenvalue weighted by atomic mass is 16.2. The Morgan fingerprint density at radius 1 is 1.16 bits per heavy atom. The Labute approximate surface area is 145 Å². The number of hydrogen-bond donors (Lipinski definition) is 0. The summed E-state index contributed by atoms with van der Waals surface area (Å²) in [4.78, 5) is 16.3. The summed E-state index contributed by atoms with van der Waals surface area (Å²) >= 11 is 0. The number of para-hydroxylation sites is 1. The molecule has 1 aliphatic rings. The van der Waals surface area contributed by atoms with Crippen LogP contribution >= 0.6 is 0 Å². The Morgan fingerprint density at radius 3 is 2.76 bits per heavy atom. The third-order valence-corrected chi connectivity index (χ3v) is 4.55. The molecule has 0 spiro atoms. The van der Waals surface area contributed by atoms with Gasteiger partial charge in [-0.05, 0) is 38.0 Å². The van der Waals surface area contributed by atoms with E-state index in [0.29, 0.717) is 17.9 Å². The Hall–Kier alpha value is -2.96. The maximum atomic E-state index is 13.0. The molecule has 0 unspecified atom stereocenters. The Bertz CT molecular complexity index is 855. The molecule has 0 saturated carbocycles. The fourth-order valence-corrected chi connectivity index (χ4v) is 3.25. The molecule has 7 nitrogen and oxygen atoms in total. The van der Waals surface area contributed by atoms with Crippen molar-refractivity contribution in [2.24, 2.45) is 0 Å². The first-order valence-electron chi connectivity index (χ1n) is 8.50. The van der Waals surface area contributed by atoms with E-state index < -0.39 is 0 Å². The monoisotopic (exact) mass is 336 g/mol. The van der Waals surface area contributed by atoms with Gasteiger partial charge < -0.3 is 4.90 Å². The number of rotatable bonds is 3. The number of piperidine rings is 1. The summed E-state index contributed by atoms with van der Waals surface area (Å²) in [5, 5.41) is 13.2. The van der Waals surface area contributed by atoms with Crippen LogP contribution in [-0.2, 0) is 0 Å². The van der Waals surface area contributed by atoms with Gasteiger partial charge in [0.1, 0.15) is 0 Å². The van der Waals surface area contributed by atoms with Gasteiger partial charge in [0, 0.05) is 25.5 Å². The largest absolute Gasteiger partial charge is 0.335 e. The van der Waals surface area contributed by atoms with Gasteiger partial charge in [0.05, 0.1) is 17.4 Å². The number of aromatic nitrogens is 5. The van der Waals surface area contributed by atoms with Crippen molar-refractivity contribution in [1.29, 1.82) is 0 Å². The van der Waals surface area contributed by atoms with Crippen LogP contribution in [-0.4, -0.2) is 48.7 Å². The first-order chi connectivity index (χ1) is 12.2. The molecule has 3 heterocycles. The molecule has 0 bridgehead atoms. The van der Waals surface area contributed by atoms with Gasteiger partial charge in [-0.25, -0.2) is 0 Å². The second-order valence-electron chi connectivity index (χ2n) is 6.29. The molecule has 3 aromatic rings. The number of amides is 1. The zero-order valence-electron chi connectivity index (χ0n) is 14.1. The molecule has 0 aliphatic carbocycles. The maximum absolute atomic E-state index is 13.0. The molecule has 4 rings (SSSR count). The molecule has 2 aromatic heterocycles. The van der Waals surface area contributed by atoms with Gasteiger partial charge in [-0.1, -0.05) is 18.2 Å². The molecule has 128 valence electrons. The van der Waals surface area contributed by atoms with Crippen LogP contribution in [0.1, 0.15) is 35.1 Å². The first-order valence-corrected chi connectivity index (χ1v) is 8.50. The number of carbonyl (C=O) groups is 1. The Kier molecular flexibility index (Phi) is 4.05. The van der Waals surface area contributed by atoms with Gasteiger partial charge in [0.15, 0.2) is 5.69 Å². The van der Waals surface area contributed by atoms with Gasteiger partial charge in [-0.3, -0.25) is 9.48 Å². The lowest BCUT2D eigenvalue weighted by Crippen LogP contribution is -2.41. The van der Waals surface area contributed by atoms with Gasteiger partial charge in [-0.15, -0.1) is 5.10 Å². The molecule has 1 atom stereocenters. The third kappa shape index (κ3) is 3.05. The summed E-state index contributed by atoms with van der Waals surface area (Å²) in [6, 6.07) is 11.8. The SMILES string of the molecule is Cc1nn(-c2ccccc2)nc1C(=O)N1CCC[C@H](n2cccn2)C1. The molecule has 1 fully saturated rings. The third-order valence-electron chi connectivity index (χ3n) is 4.55. The van der Waals surface area contributed by atoms with E-state index in [9.17, 15) is 4.79 Å². The van der Waals surface area contributed by atoms with Gasteiger partial charge in [-0.2, -0.15) is 15.0 Å². The average Bonchev–Trinajstić information content (AvgIpc) is 3.32. The van der Waals surface area contributed by atoms with Crippen LogP contribution < -0.4 is 0 Å². The predicted octanol–water partition coefficient (Wildman–Crippen LogP) is 2.25. The van der Waals surface area contributed by atoms with E-state index >= 15 is 0 Å². The molecule has 0 radical (unpaired) electrons. The van der Waals surface area contributed by atoms with E-state index in [-0.39, 0.29) is 11.9 Å². The highest BCUT2D eigenvalue weighted by Gasteiger charge is 2.28. The van der Waals surface area contributed by atoms with Crippen molar-refractivity contribution in [3.8, 4) is 5.69 Å². The summed E-state index contributed by atoms with van der Waals surface area (Å²) in [6.07, 6.45) is 5.72. The van der Waals surface area contributed by atoms with Crippen LogP contribution in [0.4, 0.5) is 0 Å². The van der Waals surface area contributed by atoms with Crippen LogP contribution in [0.15, 0.2) is 48.8 Å². The van der Waals surface area contributed by atoms with Crippen LogP contribution in [0.5, 0.6) is 0 Å². The van der Waals surface area contributed by atoms with Crippen molar-refractivity contribution in [3.05, 3.63) is 60.2 Å². The van der Waals surface area contributed by atoms with Gasteiger partial charge in [0.2, 0.25) is 0 Å². The Morgan fingerprint density at radius 2 is 2.00 bits per heavy atom. The maximum Gasteiger partial charge on any atom is 0.276 e. The zero-order valence-corrected chi connectivity index (χ0v) is 14.1. The summed E-state index contributed by atoms with van der Waals surface area (Å²) < 4.78 is 1.94. The minimum Gasteiger partial charge on any atom is -0.335 e. The number of benzene rings is 1. The standard InChI is InChI=1S/C18H20N6O/c1-14-17(21-24(20-14)15-7-3-2-4-8-15)18(25)22-11-5-9-16(13-22)23-12-6-10-19-23/h2-4,6-8,10,12,16H,5,9,11,13H2,1H3/t16-/m0/s1. The molecule has 0 N–H and O–H groups in total. The summed E-state index contributed by atoms with van der Waals surface area (Å²) in [5.74, 6) is -0.0588. The molecule has 7 heteroatoms. The lowest BCUT2D eigenvalue weighted by atomic mass is 10.1. The number of nitrogens with zero attached hydrogens (tertiary/aromatic N) is 6. The lowest BCUT2D eigenvalue weighted by Gasteiger charge is -2.32. The molecule has 25 heavy (non-hydrogen) atoms. The van der Waals surface area contributed by atoms with E-state index in [1.807, 2.05) is 59.1 Å². The Balaban J connectivity index is 1.55. The fraction of sp³-hybridized carbons (Fsp3) is 0.333. The lowest BCUT2D eigenvalue weighted by molar-refractivity contribution is 0.0666. The van der Waals surface area contributed by atoms with Crippen molar-refractivity contribution in [2.75, 3.05) is 13.1 Å². The van der Waals surface area contributed by atoms with Crippen molar-refractivity contribution in [3.63, 3.8) is 0 Å². The average molecular weight is 336 g/mol. The van der Waals surface area contributed by atoms with Crippen molar-refractivity contribution in [2.45, 2.75) is 25.8 Å². The minimum absolute atomic E-state index is 0.0588. The van der Waals surface area contributed by atoms with Crippen molar-refractivity contribution in [1.82, 2.24) is 29.7 Å². The normalized spacial score (nSPS) is 17.6. The summed E-state index contributed by atoms with van der Waals surface area (Å²) in [5.41, 5.74) is 1.91. The highest BCUT2D eigenvalue weighted by molar-refractivity contribution is 5.93. The molecule has 1 saturated heterocycles. The zero-order chi connectivity index (χ0) is 17.2. The summed E-state index contributed by atoms with van der Waals surface area (Å²) in [7, 11) is 0. The molecule has 1 aromatic carbocycles. The van der Waals surface area contributed by atoms with Crippen LogP contribution in [0.25, 0.3) is 5.69 Å². The molecular formula is C18H20N6O. The highest BCUT2D eigenvalue weighted by Crippen LogP contribution is 2.22. The quantitative estimate of drug-likeness (QED) is 0.736. The molecule has 1 amide bonds. The number of aryl methyl sites for hydroxylation is 1. The second-order valence-corrected chi connectivity index (χ2v) is 6.29. The number of carbonyl (C=O) groups excluding carboxylic acids is 1. The first kappa shape index (κ1) is 15.6. The van der Waals surface area contributed by atoms with Crippen LogP contribution in [0.2, 0.25) is 0 Å². The van der Waals surface area contributed by atoms with Crippen LogP contribution in [0, 0.1) is 6.92 Å². The van der Waals surface area contributed by atoms with E-state index in [1.165, 1.54) is 4.80 Å². The van der Waals surface area contributed by atoms with Crippen LogP contribution in [0.3, 0.4) is 0 Å². The van der Waals surface area contributed by atoms with E-state index in [1.54, 1.807) is 6.20 Å². The summed E-state index contributed by atoms with van der Waals surface area (Å²) in [6.45, 7) is 3.22. The second kappa shape index (κ2) is 6.51. The van der Waals surface area contributed by atoms with Crippen molar-refractivity contribution >= 4 is 5.91 Å². The van der Waals surface area contributed by atoms with Gasteiger partial charge >= 0.3 is 0 Å². The number of likely N-dealkylation sites (tertiary alicyclic amines) is 1. The molecular weight excluding hydrogens is 316 g/mol. The minimum atomic E-state index is -0.0588. The fourth-order valence-electron chi connectivity index (χ4n) is 3.25. The predicted molar refractivity (Wildman–Crippen MR) is 92.5 cm³/mol. The topological polar surface area (TPSA) is 68.8 Å². The number of hydrogen-bond acceptors (Lipinski definition) is 4. The molecule has 1 aliphatic heterocycles. The van der Waals surface area contributed by atoms with E-state index in [4.69, 9.17) is 0 Å². The van der Waals surface area contributed by atoms with Crippen molar-refractivity contribution < 1.29 is 4.79 Å². The van der Waals surface area contributed by atoms with E-state index in [0.717, 1.165) is 25.1 Å². The van der Waals surface area contributed by atoms with E-state index in [2.05, 4.69) is 15.3 Å².